The Labute approximate surface area is 121 Å². The lowest BCUT2D eigenvalue weighted by molar-refractivity contribution is 0.0524. The zero-order valence-electron chi connectivity index (χ0n) is 12.3. The molecule has 0 aliphatic carbocycles. The molecule has 0 saturated heterocycles. The molecule has 112 valence electrons. The van der Waals surface area contributed by atoms with E-state index in [0.29, 0.717) is 29.6 Å². The summed E-state index contributed by atoms with van der Waals surface area (Å²) in [6, 6.07) is 0.117. The number of anilines is 1. The second-order valence-electron chi connectivity index (χ2n) is 4.52. The highest BCUT2D eigenvalue weighted by atomic mass is 32.2. The van der Waals surface area contributed by atoms with Crippen LogP contribution in [0.2, 0.25) is 0 Å². The lowest BCUT2D eigenvalue weighted by atomic mass is 10.2. The molecule has 0 aliphatic heterocycles. The second kappa shape index (κ2) is 7.94. The molecule has 0 radical (unpaired) electrons. The van der Waals surface area contributed by atoms with Crippen molar-refractivity contribution in [2.24, 2.45) is 0 Å². The average Bonchev–Trinajstić information content (AvgIpc) is 2.36. The summed E-state index contributed by atoms with van der Waals surface area (Å²) in [5.41, 5.74) is 0.951. The molecule has 0 bridgehead atoms. The minimum absolute atomic E-state index is 0.117. The molecular formula is C13H21N3O3S. The molecule has 1 rings (SSSR count). The Bertz CT molecular complexity index is 494. The van der Waals surface area contributed by atoms with Crippen LogP contribution in [0.25, 0.3) is 0 Å². The van der Waals surface area contributed by atoms with Crippen LogP contribution in [0.4, 0.5) is 5.95 Å². The number of ether oxygens (including phenoxy) is 1. The number of hydrogen-bond acceptors (Lipinski definition) is 6. The predicted molar refractivity (Wildman–Crippen MR) is 79.4 cm³/mol. The van der Waals surface area contributed by atoms with Gasteiger partial charge >= 0.3 is 5.97 Å². The Kier molecular flexibility index (Phi) is 6.57. The predicted octanol–water partition coefficient (Wildman–Crippen LogP) is 1.53. The topological polar surface area (TPSA) is 81.2 Å². The zero-order valence-corrected chi connectivity index (χ0v) is 13.1. The number of carbonyl (C=O) groups is 1. The van der Waals surface area contributed by atoms with Crippen LogP contribution >= 0.6 is 0 Å². The Morgan fingerprint density at radius 3 is 2.80 bits per heavy atom. The first-order chi connectivity index (χ1) is 9.43. The molecule has 20 heavy (non-hydrogen) atoms. The van der Waals surface area contributed by atoms with Crippen LogP contribution < -0.4 is 5.32 Å². The van der Waals surface area contributed by atoms with Crippen LogP contribution in [0.1, 0.15) is 36.3 Å². The fraction of sp³-hybridized carbons (Fsp3) is 0.615. The summed E-state index contributed by atoms with van der Waals surface area (Å²) in [6.45, 7) is 5.79. The Balaban J connectivity index is 2.67. The van der Waals surface area contributed by atoms with Crippen molar-refractivity contribution in [2.75, 3.05) is 23.9 Å². The SMILES string of the molecule is CCOC(=O)c1cnc(NC(C)CCS(C)=O)nc1C. The lowest BCUT2D eigenvalue weighted by Gasteiger charge is -2.13. The third kappa shape index (κ3) is 5.24. The molecule has 1 aromatic rings. The third-order valence-electron chi connectivity index (χ3n) is 2.69. The molecule has 0 amide bonds. The highest BCUT2D eigenvalue weighted by Crippen LogP contribution is 2.10. The molecule has 2 unspecified atom stereocenters. The van der Waals surface area contributed by atoms with Crippen molar-refractivity contribution < 1.29 is 13.7 Å². The number of nitrogens with zero attached hydrogens (tertiary/aromatic N) is 2. The van der Waals surface area contributed by atoms with Crippen LogP contribution in [0.3, 0.4) is 0 Å². The number of carbonyl (C=O) groups excluding carboxylic acids is 1. The van der Waals surface area contributed by atoms with Crippen LogP contribution in [0, 0.1) is 6.92 Å². The van der Waals surface area contributed by atoms with Gasteiger partial charge in [-0.05, 0) is 27.2 Å². The van der Waals surface area contributed by atoms with Crippen molar-refractivity contribution in [3.8, 4) is 0 Å². The standard InChI is InChI=1S/C13H21N3O3S/c1-5-19-12(17)11-8-14-13(16-10(11)3)15-9(2)6-7-20(4)18/h8-9H,5-7H2,1-4H3,(H,14,15,16). The smallest absolute Gasteiger partial charge is 0.341 e. The summed E-state index contributed by atoms with van der Waals surface area (Å²) in [4.78, 5) is 20.0. The summed E-state index contributed by atoms with van der Waals surface area (Å²) < 4.78 is 16.0. The highest BCUT2D eigenvalue weighted by Gasteiger charge is 2.13. The summed E-state index contributed by atoms with van der Waals surface area (Å²) in [5.74, 6) is 0.685. The van der Waals surface area contributed by atoms with Crippen LogP contribution in [0.15, 0.2) is 6.20 Å². The minimum atomic E-state index is -0.803. The van der Waals surface area contributed by atoms with Gasteiger partial charge in [-0.1, -0.05) is 0 Å². The Morgan fingerprint density at radius 2 is 2.25 bits per heavy atom. The molecule has 0 saturated carbocycles. The first-order valence-corrected chi connectivity index (χ1v) is 8.24. The van der Waals surface area contributed by atoms with E-state index in [0.717, 1.165) is 6.42 Å². The van der Waals surface area contributed by atoms with E-state index in [1.165, 1.54) is 6.20 Å². The van der Waals surface area contributed by atoms with Crippen LogP contribution in [-0.4, -0.2) is 44.8 Å². The summed E-state index contributed by atoms with van der Waals surface area (Å²) in [7, 11) is -0.803. The molecular weight excluding hydrogens is 278 g/mol. The molecule has 0 aromatic carbocycles. The van der Waals surface area contributed by atoms with Gasteiger partial charge in [-0.15, -0.1) is 0 Å². The monoisotopic (exact) mass is 299 g/mol. The van der Waals surface area contributed by atoms with E-state index in [1.807, 2.05) is 6.92 Å². The van der Waals surface area contributed by atoms with E-state index in [2.05, 4.69) is 15.3 Å². The van der Waals surface area contributed by atoms with Crippen LogP contribution in [-0.2, 0) is 15.5 Å². The van der Waals surface area contributed by atoms with Gasteiger partial charge in [-0.25, -0.2) is 14.8 Å². The van der Waals surface area contributed by atoms with Gasteiger partial charge in [0, 0.05) is 35.0 Å². The average molecular weight is 299 g/mol. The molecule has 0 aliphatic rings. The molecule has 1 heterocycles. The third-order valence-corrected chi connectivity index (χ3v) is 3.50. The van der Waals surface area contributed by atoms with Crippen LogP contribution in [0.5, 0.6) is 0 Å². The van der Waals surface area contributed by atoms with E-state index in [4.69, 9.17) is 4.74 Å². The van der Waals surface area contributed by atoms with Crippen molar-refractivity contribution in [1.82, 2.24) is 9.97 Å². The van der Waals surface area contributed by atoms with Gasteiger partial charge in [0.2, 0.25) is 5.95 Å². The highest BCUT2D eigenvalue weighted by molar-refractivity contribution is 7.84. The number of aromatic nitrogens is 2. The van der Waals surface area contributed by atoms with E-state index >= 15 is 0 Å². The Morgan fingerprint density at radius 1 is 1.55 bits per heavy atom. The molecule has 1 N–H and O–H groups in total. The molecule has 2 atom stereocenters. The molecule has 0 fully saturated rings. The van der Waals surface area contributed by atoms with Crippen molar-refractivity contribution in [1.29, 1.82) is 0 Å². The second-order valence-corrected chi connectivity index (χ2v) is 6.08. The van der Waals surface area contributed by atoms with E-state index in [1.54, 1.807) is 20.1 Å². The fourth-order valence-electron chi connectivity index (χ4n) is 1.58. The van der Waals surface area contributed by atoms with E-state index in [9.17, 15) is 9.00 Å². The summed E-state index contributed by atoms with van der Waals surface area (Å²) >= 11 is 0. The first-order valence-electron chi connectivity index (χ1n) is 6.51. The summed E-state index contributed by atoms with van der Waals surface area (Å²) in [6.07, 6.45) is 3.92. The fourth-order valence-corrected chi connectivity index (χ4v) is 2.27. The number of rotatable bonds is 7. The van der Waals surface area contributed by atoms with Gasteiger partial charge in [-0.3, -0.25) is 4.21 Å². The zero-order chi connectivity index (χ0) is 15.1. The number of nitrogens with one attached hydrogen (secondary N) is 1. The molecule has 0 spiro atoms. The molecule has 7 heteroatoms. The number of hydrogen-bond donors (Lipinski definition) is 1. The number of esters is 1. The number of aryl methyl sites for hydroxylation is 1. The minimum Gasteiger partial charge on any atom is -0.462 e. The van der Waals surface area contributed by atoms with Crippen molar-refractivity contribution in [3.05, 3.63) is 17.5 Å². The van der Waals surface area contributed by atoms with E-state index in [-0.39, 0.29) is 6.04 Å². The van der Waals surface area contributed by atoms with Gasteiger partial charge in [0.05, 0.1) is 17.9 Å². The normalized spacial score (nSPS) is 13.6. The van der Waals surface area contributed by atoms with Gasteiger partial charge in [0.25, 0.3) is 0 Å². The molecule has 6 nitrogen and oxygen atoms in total. The van der Waals surface area contributed by atoms with Crippen molar-refractivity contribution in [2.45, 2.75) is 33.2 Å². The largest absolute Gasteiger partial charge is 0.462 e. The maximum atomic E-state index is 11.6. The van der Waals surface area contributed by atoms with Gasteiger partial charge in [0.15, 0.2) is 0 Å². The lowest BCUT2D eigenvalue weighted by Crippen LogP contribution is -2.20. The summed E-state index contributed by atoms with van der Waals surface area (Å²) in [5, 5.41) is 3.13. The molecule has 1 aromatic heterocycles. The van der Waals surface area contributed by atoms with Gasteiger partial charge < -0.3 is 10.1 Å². The Hall–Kier alpha value is -1.50. The maximum absolute atomic E-state index is 11.6. The van der Waals surface area contributed by atoms with E-state index < -0.39 is 16.8 Å². The quantitative estimate of drug-likeness (QED) is 0.769. The van der Waals surface area contributed by atoms with Gasteiger partial charge in [-0.2, -0.15) is 0 Å². The van der Waals surface area contributed by atoms with Crippen molar-refractivity contribution >= 4 is 22.7 Å². The van der Waals surface area contributed by atoms with Crippen molar-refractivity contribution in [3.63, 3.8) is 0 Å². The van der Waals surface area contributed by atoms with Gasteiger partial charge in [0.1, 0.15) is 0 Å². The first kappa shape index (κ1) is 16.6. The maximum Gasteiger partial charge on any atom is 0.341 e.